The highest BCUT2D eigenvalue weighted by atomic mass is 35.5. The van der Waals surface area contributed by atoms with Crippen molar-refractivity contribution >= 4 is 30.1 Å². The zero-order valence-electron chi connectivity index (χ0n) is 15.5. The van der Waals surface area contributed by atoms with E-state index < -0.39 is 5.97 Å². The molecular formula is C22H28ClNO2S. The van der Waals surface area contributed by atoms with E-state index in [-0.39, 0.29) is 18.8 Å². The summed E-state index contributed by atoms with van der Waals surface area (Å²) in [5.41, 5.74) is 2.74. The van der Waals surface area contributed by atoms with Gasteiger partial charge in [0.05, 0.1) is 5.25 Å². The summed E-state index contributed by atoms with van der Waals surface area (Å²) in [6.07, 6.45) is 3.38. The number of hydrogen-bond donors (Lipinski definition) is 1. The SMILES string of the molecule is Cl.O=C(O)CCCN1CCC(SC(c2ccccc2)c2ccccc2)CC1. The van der Waals surface area contributed by atoms with Crippen LogP contribution in [0.25, 0.3) is 0 Å². The van der Waals surface area contributed by atoms with Gasteiger partial charge in [0.25, 0.3) is 0 Å². The van der Waals surface area contributed by atoms with E-state index in [0.717, 1.165) is 26.1 Å². The zero-order valence-corrected chi connectivity index (χ0v) is 17.1. The van der Waals surface area contributed by atoms with Crippen molar-refractivity contribution in [1.82, 2.24) is 4.90 Å². The first-order valence-corrected chi connectivity index (χ1v) is 10.4. The molecule has 1 aliphatic heterocycles. The third-order valence-electron chi connectivity index (χ3n) is 4.93. The van der Waals surface area contributed by atoms with Crippen LogP contribution in [0.15, 0.2) is 60.7 Å². The van der Waals surface area contributed by atoms with E-state index in [4.69, 9.17) is 5.11 Å². The minimum atomic E-state index is -0.691. The van der Waals surface area contributed by atoms with Gasteiger partial charge >= 0.3 is 5.97 Å². The van der Waals surface area contributed by atoms with E-state index in [1.165, 1.54) is 24.0 Å². The van der Waals surface area contributed by atoms with Crippen molar-refractivity contribution < 1.29 is 9.90 Å². The van der Waals surface area contributed by atoms with Crippen molar-refractivity contribution in [2.75, 3.05) is 19.6 Å². The first-order chi connectivity index (χ1) is 12.7. The maximum absolute atomic E-state index is 10.7. The molecule has 1 heterocycles. The molecule has 1 aliphatic rings. The second-order valence-electron chi connectivity index (χ2n) is 6.88. The van der Waals surface area contributed by atoms with Gasteiger partial charge in [-0.25, -0.2) is 0 Å². The van der Waals surface area contributed by atoms with E-state index in [9.17, 15) is 4.79 Å². The van der Waals surface area contributed by atoms with Crippen molar-refractivity contribution in [3.8, 4) is 0 Å². The van der Waals surface area contributed by atoms with E-state index in [0.29, 0.717) is 10.5 Å². The van der Waals surface area contributed by atoms with E-state index in [1.807, 2.05) is 0 Å². The molecule has 0 spiro atoms. The van der Waals surface area contributed by atoms with Crippen LogP contribution in [0, 0.1) is 0 Å². The largest absolute Gasteiger partial charge is 0.481 e. The summed E-state index contributed by atoms with van der Waals surface area (Å²) in [7, 11) is 0. The quantitative estimate of drug-likeness (QED) is 0.650. The number of aliphatic carboxylic acids is 1. The Bertz CT molecular complexity index is 636. The van der Waals surface area contributed by atoms with Gasteiger partial charge in [0.15, 0.2) is 0 Å². The lowest BCUT2D eigenvalue weighted by molar-refractivity contribution is -0.137. The second kappa shape index (κ2) is 11.4. The van der Waals surface area contributed by atoms with Gasteiger partial charge in [-0.15, -0.1) is 24.2 Å². The Hall–Kier alpha value is -1.49. The molecular weight excluding hydrogens is 378 g/mol. The van der Waals surface area contributed by atoms with Crippen LogP contribution in [0.5, 0.6) is 0 Å². The molecule has 3 nitrogen and oxygen atoms in total. The van der Waals surface area contributed by atoms with Crippen molar-refractivity contribution in [1.29, 1.82) is 0 Å². The summed E-state index contributed by atoms with van der Waals surface area (Å²) >= 11 is 2.08. The zero-order chi connectivity index (χ0) is 18.2. The van der Waals surface area contributed by atoms with E-state index >= 15 is 0 Å². The Morgan fingerprint density at radius 2 is 1.52 bits per heavy atom. The summed E-state index contributed by atoms with van der Waals surface area (Å²) in [6, 6.07) is 21.5. The number of carboxylic acid groups (broad SMARTS) is 1. The first-order valence-electron chi connectivity index (χ1n) is 9.42. The Kier molecular flexibility index (Phi) is 9.19. The van der Waals surface area contributed by atoms with Gasteiger partial charge in [-0.3, -0.25) is 4.79 Å². The topological polar surface area (TPSA) is 40.5 Å². The highest BCUT2D eigenvalue weighted by Gasteiger charge is 2.24. The fourth-order valence-corrected chi connectivity index (χ4v) is 5.02. The predicted octanol–water partition coefficient (Wildman–Crippen LogP) is 5.26. The van der Waals surface area contributed by atoms with Gasteiger partial charge in [-0.1, -0.05) is 60.7 Å². The predicted molar refractivity (Wildman–Crippen MR) is 116 cm³/mol. The summed E-state index contributed by atoms with van der Waals surface area (Å²) in [5, 5.41) is 9.80. The molecule has 2 aromatic carbocycles. The highest BCUT2D eigenvalue weighted by molar-refractivity contribution is 8.00. The van der Waals surface area contributed by atoms with Crippen LogP contribution in [0.2, 0.25) is 0 Å². The third-order valence-corrected chi connectivity index (χ3v) is 6.61. The monoisotopic (exact) mass is 405 g/mol. The number of benzene rings is 2. The number of likely N-dealkylation sites (tertiary alicyclic amines) is 1. The van der Waals surface area contributed by atoms with Gasteiger partial charge in [0, 0.05) is 11.7 Å². The van der Waals surface area contributed by atoms with Crippen LogP contribution in [0.4, 0.5) is 0 Å². The molecule has 0 aromatic heterocycles. The fourth-order valence-electron chi connectivity index (χ4n) is 3.52. The van der Waals surface area contributed by atoms with Gasteiger partial charge in [0.1, 0.15) is 0 Å². The minimum Gasteiger partial charge on any atom is -0.481 e. The number of carboxylic acids is 1. The molecule has 27 heavy (non-hydrogen) atoms. The summed E-state index contributed by atoms with van der Waals surface area (Å²) in [6.45, 7) is 3.06. The Morgan fingerprint density at radius 1 is 1.00 bits per heavy atom. The summed E-state index contributed by atoms with van der Waals surface area (Å²) in [4.78, 5) is 13.1. The average Bonchev–Trinajstić information content (AvgIpc) is 2.68. The maximum Gasteiger partial charge on any atom is 0.303 e. The molecule has 0 amide bonds. The molecule has 0 saturated carbocycles. The lowest BCUT2D eigenvalue weighted by atomic mass is 10.0. The molecule has 0 bridgehead atoms. The lowest BCUT2D eigenvalue weighted by Gasteiger charge is -2.33. The first kappa shape index (κ1) is 21.8. The van der Waals surface area contributed by atoms with Crippen LogP contribution in [0.1, 0.15) is 42.1 Å². The number of nitrogens with zero attached hydrogens (tertiary/aromatic N) is 1. The number of hydrogen-bond acceptors (Lipinski definition) is 3. The molecule has 0 radical (unpaired) electrons. The molecule has 5 heteroatoms. The number of carbonyl (C=O) groups is 1. The molecule has 146 valence electrons. The van der Waals surface area contributed by atoms with Crippen LogP contribution >= 0.6 is 24.2 Å². The third kappa shape index (κ3) is 6.87. The molecule has 1 N–H and O–H groups in total. The Balaban J connectivity index is 0.00000261. The molecule has 0 unspecified atom stereocenters. The lowest BCUT2D eigenvalue weighted by Crippen LogP contribution is -2.35. The Morgan fingerprint density at radius 3 is 2.00 bits per heavy atom. The average molecular weight is 406 g/mol. The van der Waals surface area contributed by atoms with Gasteiger partial charge in [0.2, 0.25) is 0 Å². The number of halogens is 1. The van der Waals surface area contributed by atoms with Crippen LogP contribution in [-0.4, -0.2) is 40.9 Å². The number of piperidine rings is 1. The van der Waals surface area contributed by atoms with Crippen molar-refractivity contribution in [2.45, 2.75) is 36.2 Å². The number of rotatable bonds is 8. The van der Waals surface area contributed by atoms with Crippen LogP contribution in [-0.2, 0) is 4.79 Å². The molecule has 1 saturated heterocycles. The molecule has 1 fully saturated rings. The van der Waals surface area contributed by atoms with Crippen LogP contribution < -0.4 is 0 Å². The molecule has 0 aliphatic carbocycles. The summed E-state index contributed by atoms with van der Waals surface area (Å²) < 4.78 is 0. The standard InChI is InChI=1S/C22H27NO2S.ClH/c24-21(25)12-7-15-23-16-13-20(14-17-23)26-22(18-8-3-1-4-9-18)19-10-5-2-6-11-19;/h1-6,8-11,20,22H,7,12-17H2,(H,24,25);1H. The second-order valence-corrected chi connectivity index (χ2v) is 8.29. The van der Waals surface area contributed by atoms with Gasteiger partial charge in [-0.2, -0.15) is 0 Å². The Labute approximate surface area is 172 Å². The van der Waals surface area contributed by atoms with E-state index in [1.54, 1.807) is 0 Å². The van der Waals surface area contributed by atoms with Crippen molar-refractivity contribution in [3.63, 3.8) is 0 Å². The normalized spacial score (nSPS) is 15.4. The molecule has 0 atom stereocenters. The van der Waals surface area contributed by atoms with E-state index in [2.05, 4.69) is 77.3 Å². The number of thioether (sulfide) groups is 1. The van der Waals surface area contributed by atoms with Crippen molar-refractivity contribution in [2.24, 2.45) is 0 Å². The molecule has 2 aromatic rings. The van der Waals surface area contributed by atoms with Crippen LogP contribution in [0.3, 0.4) is 0 Å². The van der Waals surface area contributed by atoms with Gasteiger partial charge in [-0.05, 0) is 50.0 Å². The smallest absolute Gasteiger partial charge is 0.303 e. The fraction of sp³-hybridized carbons (Fsp3) is 0.409. The van der Waals surface area contributed by atoms with Gasteiger partial charge < -0.3 is 10.0 Å². The summed E-state index contributed by atoms with van der Waals surface area (Å²) in [5.74, 6) is -0.691. The highest BCUT2D eigenvalue weighted by Crippen LogP contribution is 2.41. The van der Waals surface area contributed by atoms with Crippen molar-refractivity contribution in [3.05, 3.63) is 71.8 Å². The minimum absolute atomic E-state index is 0. The molecule has 3 rings (SSSR count). The maximum atomic E-state index is 10.7.